The summed E-state index contributed by atoms with van der Waals surface area (Å²) in [7, 11) is -1.18. The van der Waals surface area contributed by atoms with Crippen molar-refractivity contribution in [1.29, 1.82) is 0 Å². The molecule has 1 N–H and O–H groups in total. The monoisotopic (exact) mass is 210 g/mol. The minimum absolute atomic E-state index is 0.0925. The Morgan fingerprint density at radius 3 is 3.21 bits per heavy atom. The largest absolute Gasteiger partial charge is 0.323 e. The maximum Gasteiger partial charge on any atom is 0.228 e. The molecule has 2 unspecified atom stereocenters. The lowest BCUT2D eigenvalue weighted by Gasteiger charge is -2.04. The fourth-order valence-corrected chi connectivity index (χ4v) is 2.61. The third-order valence-corrected chi connectivity index (χ3v) is 3.65. The maximum absolute atomic E-state index is 11.7. The Morgan fingerprint density at radius 2 is 2.43 bits per heavy atom. The smallest absolute Gasteiger partial charge is 0.228 e. The van der Waals surface area contributed by atoms with Crippen molar-refractivity contribution >= 4 is 22.4 Å². The lowest BCUT2D eigenvalue weighted by atomic mass is 10.2. The van der Waals surface area contributed by atoms with E-state index in [-0.39, 0.29) is 11.8 Å². The second-order valence-corrected chi connectivity index (χ2v) is 4.67. The summed E-state index contributed by atoms with van der Waals surface area (Å²) in [4.78, 5) is 15.5. The minimum Gasteiger partial charge on any atom is -0.323 e. The van der Waals surface area contributed by atoms with E-state index in [1.807, 2.05) is 0 Å². The van der Waals surface area contributed by atoms with E-state index in [9.17, 15) is 9.00 Å². The van der Waals surface area contributed by atoms with Gasteiger partial charge in [0.05, 0.1) is 16.5 Å². The summed E-state index contributed by atoms with van der Waals surface area (Å²) in [5.74, 6) is 0.0192. The van der Waals surface area contributed by atoms with Crippen molar-refractivity contribution in [2.75, 3.05) is 11.1 Å². The van der Waals surface area contributed by atoms with Gasteiger partial charge < -0.3 is 5.32 Å². The van der Waals surface area contributed by atoms with E-state index < -0.39 is 10.8 Å². The highest BCUT2D eigenvalue weighted by Gasteiger charge is 2.24. The molecule has 0 saturated heterocycles. The molecular weight excluding hydrogens is 200 g/mol. The highest BCUT2D eigenvalue weighted by Crippen LogP contribution is 2.22. The van der Waals surface area contributed by atoms with Gasteiger partial charge in [-0.05, 0) is 12.1 Å². The molecule has 0 radical (unpaired) electrons. The highest BCUT2D eigenvalue weighted by molar-refractivity contribution is 7.85. The highest BCUT2D eigenvalue weighted by atomic mass is 32.2. The second-order valence-electron chi connectivity index (χ2n) is 3.26. The molecule has 1 aliphatic heterocycles. The number of nitrogens with one attached hydrogen (secondary N) is 1. The van der Waals surface area contributed by atoms with Crippen LogP contribution in [0.4, 0.5) is 5.69 Å². The van der Waals surface area contributed by atoms with Gasteiger partial charge in [-0.25, -0.2) is 4.98 Å². The van der Waals surface area contributed by atoms with Crippen LogP contribution in [0.3, 0.4) is 0 Å². The molecule has 2 atom stereocenters. The number of fused-ring (bicyclic) bond motifs is 1. The molecule has 14 heavy (non-hydrogen) atoms. The summed E-state index contributed by atoms with van der Waals surface area (Å²) in [5.41, 5.74) is 0.570. The molecule has 0 saturated carbocycles. The van der Waals surface area contributed by atoms with Crippen LogP contribution in [0.5, 0.6) is 0 Å². The Morgan fingerprint density at radius 1 is 1.64 bits per heavy atom. The normalized spacial score (nSPS) is 26.2. The summed E-state index contributed by atoms with van der Waals surface area (Å²) >= 11 is 0. The first-order chi connectivity index (χ1) is 6.68. The van der Waals surface area contributed by atoms with Crippen molar-refractivity contribution in [3.8, 4) is 0 Å². The number of nitrogens with zero attached hydrogens (tertiary/aromatic N) is 1. The topological polar surface area (TPSA) is 59.1 Å². The Hall–Kier alpha value is -1.23. The summed E-state index contributed by atoms with van der Waals surface area (Å²) in [6.45, 7) is 1.76. The van der Waals surface area contributed by atoms with E-state index in [0.717, 1.165) is 0 Å². The first kappa shape index (κ1) is 9.33. The SMILES string of the molecule is CC1CS(=O)c2ncccc2NC1=O. The van der Waals surface area contributed by atoms with E-state index in [0.29, 0.717) is 16.5 Å². The lowest BCUT2D eigenvalue weighted by molar-refractivity contribution is -0.118. The Bertz CT molecular complexity index is 406. The molecule has 1 amide bonds. The zero-order valence-corrected chi connectivity index (χ0v) is 8.50. The third-order valence-electron chi connectivity index (χ3n) is 2.09. The zero-order chi connectivity index (χ0) is 10.1. The molecule has 2 heterocycles. The van der Waals surface area contributed by atoms with Crippen LogP contribution in [0, 0.1) is 5.92 Å². The molecule has 1 aliphatic rings. The van der Waals surface area contributed by atoms with Crippen LogP contribution in [-0.2, 0) is 15.6 Å². The summed E-state index contributed by atoms with van der Waals surface area (Å²) in [6, 6.07) is 3.43. The molecule has 1 aromatic rings. The summed E-state index contributed by atoms with van der Waals surface area (Å²) in [6.07, 6.45) is 1.58. The van der Waals surface area contributed by atoms with Crippen molar-refractivity contribution in [3.05, 3.63) is 18.3 Å². The quantitative estimate of drug-likeness (QED) is 0.688. The number of carbonyl (C=O) groups excluding carboxylic acids is 1. The predicted octanol–water partition coefficient (Wildman–Crippen LogP) is 0.777. The van der Waals surface area contributed by atoms with Crippen LogP contribution < -0.4 is 5.32 Å². The first-order valence-electron chi connectivity index (χ1n) is 4.33. The van der Waals surface area contributed by atoms with Crippen molar-refractivity contribution in [2.24, 2.45) is 5.92 Å². The molecule has 0 aromatic carbocycles. The molecular formula is C9H10N2O2S. The van der Waals surface area contributed by atoms with E-state index in [1.165, 1.54) is 0 Å². The van der Waals surface area contributed by atoms with Crippen LogP contribution in [0.15, 0.2) is 23.4 Å². The molecule has 0 aliphatic carbocycles. The Kier molecular flexibility index (Phi) is 2.33. The molecule has 4 nitrogen and oxygen atoms in total. The average molecular weight is 210 g/mol. The van der Waals surface area contributed by atoms with E-state index >= 15 is 0 Å². The number of pyridine rings is 1. The van der Waals surface area contributed by atoms with Gasteiger partial charge in [-0.1, -0.05) is 6.92 Å². The summed E-state index contributed by atoms with van der Waals surface area (Å²) < 4.78 is 11.7. The van der Waals surface area contributed by atoms with E-state index in [1.54, 1.807) is 25.3 Å². The van der Waals surface area contributed by atoms with Gasteiger partial charge in [0.2, 0.25) is 5.91 Å². The van der Waals surface area contributed by atoms with Gasteiger partial charge in [0, 0.05) is 17.9 Å². The predicted molar refractivity (Wildman–Crippen MR) is 53.3 cm³/mol. The fourth-order valence-electron chi connectivity index (χ4n) is 1.30. The number of hydrogen-bond donors (Lipinski definition) is 1. The van der Waals surface area contributed by atoms with Gasteiger partial charge in [-0.3, -0.25) is 9.00 Å². The Labute approximate surface area is 84.2 Å². The zero-order valence-electron chi connectivity index (χ0n) is 7.69. The first-order valence-corrected chi connectivity index (χ1v) is 5.64. The van der Waals surface area contributed by atoms with Crippen molar-refractivity contribution in [2.45, 2.75) is 11.9 Å². The molecule has 5 heteroatoms. The molecule has 0 bridgehead atoms. The van der Waals surface area contributed by atoms with E-state index in [4.69, 9.17) is 0 Å². The third kappa shape index (κ3) is 1.55. The summed E-state index contributed by atoms with van der Waals surface area (Å²) in [5, 5.41) is 3.19. The second kappa shape index (κ2) is 3.49. The number of aromatic nitrogens is 1. The number of rotatable bonds is 0. The standard InChI is InChI=1S/C9H10N2O2S/c1-6-5-14(13)9-7(11-8(6)12)3-2-4-10-9/h2-4,6H,5H2,1H3,(H,11,12). The van der Waals surface area contributed by atoms with Gasteiger partial charge in [0.25, 0.3) is 0 Å². The molecule has 0 fully saturated rings. The number of amides is 1. The van der Waals surface area contributed by atoms with Gasteiger partial charge in [0.15, 0.2) is 5.03 Å². The van der Waals surface area contributed by atoms with Gasteiger partial charge in [0.1, 0.15) is 0 Å². The molecule has 0 spiro atoms. The average Bonchev–Trinajstić information content (AvgIpc) is 2.27. The van der Waals surface area contributed by atoms with E-state index in [2.05, 4.69) is 10.3 Å². The van der Waals surface area contributed by atoms with Crippen LogP contribution in [-0.4, -0.2) is 20.9 Å². The van der Waals surface area contributed by atoms with Crippen LogP contribution in [0.25, 0.3) is 0 Å². The molecule has 1 aromatic heterocycles. The molecule has 2 rings (SSSR count). The van der Waals surface area contributed by atoms with Crippen LogP contribution in [0.1, 0.15) is 6.92 Å². The number of carbonyl (C=O) groups is 1. The van der Waals surface area contributed by atoms with Crippen LogP contribution in [0.2, 0.25) is 0 Å². The van der Waals surface area contributed by atoms with Gasteiger partial charge in [-0.2, -0.15) is 0 Å². The maximum atomic E-state index is 11.7. The minimum atomic E-state index is -1.18. The van der Waals surface area contributed by atoms with Gasteiger partial charge in [-0.15, -0.1) is 0 Å². The fraction of sp³-hybridized carbons (Fsp3) is 0.333. The van der Waals surface area contributed by atoms with Crippen molar-refractivity contribution in [3.63, 3.8) is 0 Å². The number of anilines is 1. The lowest BCUT2D eigenvalue weighted by Crippen LogP contribution is -2.21. The Balaban J connectivity index is 2.48. The van der Waals surface area contributed by atoms with Crippen LogP contribution >= 0.6 is 0 Å². The van der Waals surface area contributed by atoms with Crippen molar-refractivity contribution < 1.29 is 9.00 Å². The number of hydrogen-bond acceptors (Lipinski definition) is 3. The molecule has 74 valence electrons. The van der Waals surface area contributed by atoms with Crippen molar-refractivity contribution in [1.82, 2.24) is 4.98 Å². The van der Waals surface area contributed by atoms with Gasteiger partial charge >= 0.3 is 0 Å².